The maximum absolute atomic E-state index is 13.0. The van der Waals surface area contributed by atoms with Gasteiger partial charge in [0.2, 0.25) is 0 Å². The van der Waals surface area contributed by atoms with Gasteiger partial charge in [-0.05, 0) is 42.0 Å². The van der Waals surface area contributed by atoms with Crippen molar-refractivity contribution < 1.29 is 4.79 Å². The standard InChI is InChI=1S/C25H21N5OS2/c26-16-20-4-3-11-27-23(20)29-12-14-30(15-13-29)24(31)19-9-7-18(8-10-19)17-32-25-28-21-5-1-2-6-22(21)33-25/h1-11H,12-15,17H2. The minimum Gasteiger partial charge on any atom is -0.352 e. The second-order valence-corrected chi connectivity index (χ2v) is 9.95. The van der Waals surface area contributed by atoms with E-state index in [1.807, 2.05) is 47.4 Å². The van der Waals surface area contributed by atoms with Crippen LogP contribution in [-0.2, 0) is 5.75 Å². The maximum Gasteiger partial charge on any atom is 0.253 e. The second kappa shape index (κ2) is 9.61. The molecule has 2 aromatic carbocycles. The van der Waals surface area contributed by atoms with Gasteiger partial charge in [0, 0.05) is 43.7 Å². The molecule has 0 bridgehead atoms. The summed E-state index contributed by atoms with van der Waals surface area (Å²) in [5.74, 6) is 1.56. The molecule has 3 heterocycles. The van der Waals surface area contributed by atoms with E-state index >= 15 is 0 Å². The Kier molecular flexibility index (Phi) is 6.24. The predicted molar refractivity (Wildman–Crippen MR) is 133 cm³/mol. The maximum atomic E-state index is 13.0. The molecule has 1 fully saturated rings. The number of anilines is 1. The molecule has 1 amide bonds. The molecule has 0 spiro atoms. The van der Waals surface area contributed by atoms with E-state index in [1.165, 1.54) is 10.3 Å². The molecule has 33 heavy (non-hydrogen) atoms. The zero-order chi connectivity index (χ0) is 22.6. The number of thiazole rings is 1. The number of nitrogens with zero attached hydrogens (tertiary/aromatic N) is 5. The van der Waals surface area contributed by atoms with Crippen LogP contribution in [0.3, 0.4) is 0 Å². The average Bonchev–Trinajstić information content (AvgIpc) is 3.30. The number of benzene rings is 2. The van der Waals surface area contributed by atoms with Crippen molar-refractivity contribution in [1.29, 1.82) is 5.26 Å². The van der Waals surface area contributed by atoms with Gasteiger partial charge in [-0.1, -0.05) is 36.0 Å². The molecule has 0 atom stereocenters. The van der Waals surface area contributed by atoms with E-state index in [0.717, 1.165) is 15.6 Å². The van der Waals surface area contributed by atoms with Gasteiger partial charge in [-0.15, -0.1) is 11.3 Å². The van der Waals surface area contributed by atoms with E-state index in [1.54, 1.807) is 41.4 Å². The van der Waals surface area contributed by atoms with Crippen LogP contribution in [0.4, 0.5) is 5.82 Å². The highest BCUT2D eigenvalue weighted by Crippen LogP contribution is 2.31. The van der Waals surface area contributed by atoms with Gasteiger partial charge in [0.05, 0.1) is 15.8 Å². The van der Waals surface area contributed by atoms with E-state index in [2.05, 4.69) is 27.0 Å². The Morgan fingerprint density at radius 3 is 2.58 bits per heavy atom. The van der Waals surface area contributed by atoms with Crippen molar-refractivity contribution in [2.45, 2.75) is 10.1 Å². The molecule has 1 saturated heterocycles. The van der Waals surface area contributed by atoms with Gasteiger partial charge >= 0.3 is 0 Å². The van der Waals surface area contributed by atoms with Crippen LogP contribution in [0.2, 0.25) is 0 Å². The van der Waals surface area contributed by atoms with E-state index in [-0.39, 0.29) is 5.91 Å². The number of hydrogen-bond donors (Lipinski definition) is 0. The van der Waals surface area contributed by atoms with E-state index in [9.17, 15) is 10.1 Å². The molecule has 4 aromatic rings. The molecular weight excluding hydrogens is 450 g/mol. The fourth-order valence-electron chi connectivity index (χ4n) is 3.84. The third-order valence-electron chi connectivity index (χ3n) is 5.61. The van der Waals surface area contributed by atoms with Crippen LogP contribution in [0, 0.1) is 11.3 Å². The minimum absolute atomic E-state index is 0.0431. The fourth-order valence-corrected chi connectivity index (χ4v) is 5.87. The molecular formula is C25H21N5OS2. The van der Waals surface area contributed by atoms with Crippen molar-refractivity contribution in [3.05, 3.63) is 83.6 Å². The molecule has 6 nitrogen and oxygen atoms in total. The van der Waals surface area contributed by atoms with Gasteiger partial charge in [0.25, 0.3) is 5.91 Å². The predicted octanol–water partition coefficient (Wildman–Crippen LogP) is 4.82. The third kappa shape index (κ3) is 4.70. The summed E-state index contributed by atoms with van der Waals surface area (Å²) in [6.07, 6.45) is 1.70. The van der Waals surface area contributed by atoms with Crippen LogP contribution < -0.4 is 4.90 Å². The summed E-state index contributed by atoms with van der Waals surface area (Å²) in [5, 5.41) is 9.31. The lowest BCUT2D eigenvalue weighted by Gasteiger charge is -2.35. The van der Waals surface area contributed by atoms with Crippen LogP contribution in [0.15, 0.2) is 71.2 Å². The smallest absolute Gasteiger partial charge is 0.253 e. The summed E-state index contributed by atoms with van der Waals surface area (Å²) >= 11 is 3.43. The van der Waals surface area contributed by atoms with Crippen molar-refractivity contribution in [2.75, 3.05) is 31.1 Å². The topological polar surface area (TPSA) is 73.1 Å². The highest BCUT2D eigenvalue weighted by Gasteiger charge is 2.24. The van der Waals surface area contributed by atoms with E-state index in [4.69, 9.17) is 0 Å². The van der Waals surface area contributed by atoms with Gasteiger partial charge in [-0.3, -0.25) is 4.79 Å². The number of carbonyl (C=O) groups is 1. The quantitative estimate of drug-likeness (QED) is 0.389. The largest absolute Gasteiger partial charge is 0.352 e. The molecule has 0 aliphatic carbocycles. The number of piperazine rings is 1. The number of rotatable bonds is 5. The molecule has 0 saturated carbocycles. The van der Waals surface area contributed by atoms with Gasteiger partial charge < -0.3 is 9.80 Å². The first-order chi connectivity index (χ1) is 16.2. The summed E-state index contributed by atoms with van der Waals surface area (Å²) in [5.41, 5.74) is 3.47. The Labute approximate surface area is 200 Å². The van der Waals surface area contributed by atoms with Crippen molar-refractivity contribution in [3.8, 4) is 6.07 Å². The molecule has 2 aromatic heterocycles. The van der Waals surface area contributed by atoms with E-state index in [0.29, 0.717) is 43.1 Å². The lowest BCUT2D eigenvalue weighted by Crippen LogP contribution is -2.49. The first-order valence-electron chi connectivity index (χ1n) is 10.7. The normalized spacial score (nSPS) is 13.8. The monoisotopic (exact) mass is 471 g/mol. The number of aromatic nitrogens is 2. The summed E-state index contributed by atoms with van der Waals surface area (Å²) in [4.78, 5) is 26.0. The molecule has 1 aliphatic rings. The Balaban J connectivity index is 1.17. The molecule has 0 N–H and O–H groups in total. The van der Waals surface area contributed by atoms with Gasteiger partial charge in [-0.25, -0.2) is 9.97 Å². The van der Waals surface area contributed by atoms with Crippen molar-refractivity contribution in [1.82, 2.24) is 14.9 Å². The Morgan fingerprint density at radius 2 is 1.82 bits per heavy atom. The molecule has 0 radical (unpaired) electrons. The first kappa shape index (κ1) is 21.4. The zero-order valence-electron chi connectivity index (χ0n) is 17.8. The zero-order valence-corrected chi connectivity index (χ0v) is 19.5. The lowest BCUT2D eigenvalue weighted by atomic mass is 10.1. The molecule has 8 heteroatoms. The number of amides is 1. The second-order valence-electron chi connectivity index (χ2n) is 7.70. The number of hydrogen-bond acceptors (Lipinski definition) is 7. The summed E-state index contributed by atoms with van der Waals surface area (Å²) in [7, 11) is 0. The molecule has 5 rings (SSSR count). The SMILES string of the molecule is N#Cc1cccnc1N1CCN(C(=O)c2ccc(CSc3nc4ccccc4s3)cc2)CC1. The Morgan fingerprint density at radius 1 is 1.03 bits per heavy atom. The molecule has 164 valence electrons. The minimum atomic E-state index is 0.0431. The molecule has 1 aliphatic heterocycles. The van der Waals surface area contributed by atoms with Crippen molar-refractivity contribution in [3.63, 3.8) is 0 Å². The summed E-state index contributed by atoms with van der Waals surface area (Å²) in [6.45, 7) is 2.54. The first-order valence-corrected chi connectivity index (χ1v) is 12.5. The number of fused-ring (bicyclic) bond motifs is 1. The number of para-hydroxylation sites is 1. The van der Waals surface area contributed by atoms with E-state index < -0.39 is 0 Å². The van der Waals surface area contributed by atoms with Crippen molar-refractivity contribution >= 4 is 45.0 Å². The van der Waals surface area contributed by atoms with Crippen molar-refractivity contribution in [2.24, 2.45) is 0 Å². The fraction of sp³-hybridized carbons (Fsp3) is 0.200. The van der Waals surface area contributed by atoms with Crippen LogP contribution >= 0.6 is 23.1 Å². The summed E-state index contributed by atoms with van der Waals surface area (Å²) in [6, 6.07) is 21.8. The highest BCUT2D eigenvalue weighted by atomic mass is 32.2. The number of carbonyl (C=O) groups excluding carboxylic acids is 1. The Hall–Kier alpha value is -3.41. The average molecular weight is 472 g/mol. The molecule has 0 unspecified atom stereocenters. The van der Waals surface area contributed by atoms with Crippen LogP contribution in [0.1, 0.15) is 21.5 Å². The summed E-state index contributed by atoms with van der Waals surface area (Å²) < 4.78 is 2.26. The van der Waals surface area contributed by atoms with Gasteiger partial charge in [-0.2, -0.15) is 5.26 Å². The van der Waals surface area contributed by atoms with Gasteiger partial charge in [0.1, 0.15) is 11.9 Å². The third-order valence-corrected chi connectivity index (χ3v) is 7.86. The van der Waals surface area contributed by atoms with Crippen LogP contribution in [0.25, 0.3) is 10.2 Å². The van der Waals surface area contributed by atoms with Gasteiger partial charge in [0.15, 0.2) is 4.34 Å². The number of nitriles is 1. The Bertz CT molecular complexity index is 1290. The number of thioether (sulfide) groups is 1. The van der Waals surface area contributed by atoms with Crippen LogP contribution in [0.5, 0.6) is 0 Å². The number of pyridine rings is 1. The van der Waals surface area contributed by atoms with Crippen LogP contribution in [-0.4, -0.2) is 47.0 Å². The lowest BCUT2D eigenvalue weighted by molar-refractivity contribution is 0.0746. The highest BCUT2D eigenvalue weighted by molar-refractivity contribution is 8.00.